The second-order valence-corrected chi connectivity index (χ2v) is 3.58. The highest BCUT2D eigenvalue weighted by Crippen LogP contribution is 2.22. The zero-order valence-electron chi connectivity index (χ0n) is 8.38. The molecule has 0 amide bonds. The first-order valence-electron chi connectivity index (χ1n) is 4.67. The first-order valence-corrected chi connectivity index (χ1v) is 5.46. The largest absolute Gasteiger partial charge is 0.477 e. The highest BCUT2D eigenvalue weighted by atomic mass is 79.9. The molecular formula is C9H14BrN3O. The Bertz CT molecular complexity index is 293. The molecule has 0 fully saturated rings. The van der Waals surface area contributed by atoms with E-state index in [0.717, 1.165) is 17.4 Å². The lowest BCUT2D eigenvalue weighted by molar-refractivity contribution is 0.303. The summed E-state index contributed by atoms with van der Waals surface area (Å²) in [5.41, 5.74) is 0. The lowest BCUT2D eigenvalue weighted by Crippen LogP contribution is -2.05. The normalized spacial score (nSPS) is 9.93. The molecule has 0 aliphatic heterocycles. The van der Waals surface area contributed by atoms with Crippen LogP contribution in [0.1, 0.15) is 20.3 Å². The molecule has 0 saturated heterocycles. The van der Waals surface area contributed by atoms with Gasteiger partial charge in [0, 0.05) is 6.54 Å². The average Bonchev–Trinajstić information content (AvgIpc) is 2.19. The molecule has 5 heteroatoms. The predicted octanol–water partition coefficient (Wildman–Crippen LogP) is 2.46. The maximum absolute atomic E-state index is 5.43. The third kappa shape index (κ3) is 3.14. The van der Waals surface area contributed by atoms with Crippen LogP contribution >= 0.6 is 15.9 Å². The van der Waals surface area contributed by atoms with Crippen molar-refractivity contribution in [2.24, 2.45) is 0 Å². The van der Waals surface area contributed by atoms with Crippen LogP contribution in [0.3, 0.4) is 0 Å². The highest BCUT2D eigenvalue weighted by molar-refractivity contribution is 9.10. The van der Waals surface area contributed by atoms with Crippen molar-refractivity contribution in [2.45, 2.75) is 20.3 Å². The van der Waals surface area contributed by atoms with Crippen LogP contribution in [0.4, 0.5) is 5.95 Å². The first kappa shape index (κ1) is 11.2. The van der Waals surface area contributed by atoms with Gasteiger partial charge in [-0.1, -0.05) is 6.92 Å². The minimum atomic E-state index is 0.595. The summed E-state index contributed by atoms with van der Waals surface area (Å²) in [5, 5.41) is 3.03. The molecule has 0 atom stereocenters. The van der Waals surface area contributed by atoms with Gasteiger partial charge in [0.2, 0.25) is 11.8 Å². The van der Waals surface area contributed by atoms with Crippen molar-refractivity contribution in [1.29, 1.82) is 0 Å². The molecule has 1 N–H and O–H groups in total. The van der Waals surface area contributed by atoms with Gasteiger partial charge in [-0.3, -0.25) is 0 Å². The highest BCUT2D eigenvalue weighted by Gasteiger charge is 2.04. The third-order valence-electron chi connectivity index (χ3n) is 1.49. The van der Waals surface area contributed by atoms with E-state index in [1.807, 2.05) is 6.92 Å². The van der Waals surface area contributed by atoms with Gasteiger partial charge in [-0.2, -0.15) is 4.98 Å². The van der Waals surface area contributed by atoms with Crippen LogP contribution in [-0.4, -0.2) is 23.1 Å². The molecule has 14 heavy (non-hydrogen) atoms. The van der Waals surface area contributed by atoms with E-state index in [-0.39, 0.29) is 0 Å². The van der Waals surface area contributed by atoms with E-state index in [0.29, 0.717) is 18.4 Å². The molecule has 4 nitrogen and oxygen atoms in total. The zero-order valence-corrected chi connectivity index (χ0v) is 9.97. The van der Waals surface area contributed by atoms with Crippen molar-refractivity contribution in [3.63, 3.8) is 0 Å². The number of rotatable bonds is 5. The van der Waals surface area contributed by atoms with Gasteiger partial charge in [0.1, 0.15) is 0 Å². The van der Waals surface area contributed by atoms with E-state index in [1.54, 1.807) is 6.20 Å². The number of aromatic nitrogens is 2. The van der Waals surface area contributed by atoms with E-state index in [2.05, 4.69) is 38.1 Å². The zero-order chi connectivity index (χ0) is 10.4. The van der Waals surface area contributed by atoms with Gasteiger partial charge in [0.05, 0.1) is 17.3 Å². The van der Waals surface area contributed by atoms with Crippen LogP contribution in [0, 0.1) is 0 Å². The van der Waals surface area contributed by atoms with E-state index in [9.17, 15) is 0 Å². The quantitative estimate of drug-likeness (QED) is 0.883. The van der Waals surface area contributed by atoms with Crippen molar-refractivity contribution in [3.05, 3.63) is 10.7 Å². The molecular weight excluding hydrogens is 246 g/mol. The minimum Gasteiger partial charge on any atom is -0.477 e. The van der Waals surface area contributed by atoms with Crippen LogP contribution in [0.15, 0.2) is 10.7 Å². The summed E-state index contributed by atoms with van der Waals surface area (Å²) in [7, 11) is 0. The molecule has 0 aliphatic rings. The summed E-state index contributed by atoms with van der Waals surface area (Å²) >= 11 is 3.33. The number of nitrogens with one attached hydrogen (secondary N) is 1. The van der Waals surface area contributed by atoms with Gasteiger partial charge in [0.25, 0.3) is 0 Å². The Labute approximate surface area is 92.2 Å². The fourth-order valence-electron chi connectivity index (χ4n) is 0.895. The lowest BCUT2D eigenvalue weighted by atomic mass is 10.5. The van der Waals surface area contributed by atoms with Crippen LogP contribution < -0.4 is 10.1 Å². The van der Waals surface area contributed by atoms with Crippen molar-refractivity contribution < 1.29 is 4.74 Å². The molecule has 0 radical (unpaired) electrons. The second kappa shape index (κ2) is 5.80. The molecule has 1 heterocycles. The van der Waals surface area contributed by atoms with Gasteiger partial charge in [0.15, 0.2) is 0 Å². The number of halogens is 1. The van der Waals surface area contributed by atoms with Crippen LogP contribution in [-0.2, 0) is 0 Å². The summed E-state index contributed by atoms with van der Waals surface area (Å²) in [5.74, 6) is 1.19. The molecule has 1 rings (SSSR count). The number of hydrogen-bond donors (Lipinski definition) is 1. The van der Waals surface area contributed by atoms with Crippen molar-refractivity contribution >= 4 is 21.9 Å². The summed E-state index contributed by atoms with van der Waals surface area (Å²) < 4.78 is 6.22. The van der Waals surface area contributed by atoms with Crippen molar-refractivity contribution in [3.8, 4) is 5.88 Å². The van der Waals surface area contributed by atoms with E-state index in [1.165, 1.54) is 0 Å². The molecule has 1 aromatic heterocycles. The third-order valence-corrected chi connectivity index (χ3v) is 2.03. The second-order valence-electron chi connectivity index (χ2n) is 2.73. The van der Waals surface area contributed by atoms with Crippen molar-refractivity contribution in [2.75, 3.05) is 18.5 Å². The molecule has 1 aromatic rings. The molecule has 0 spiro atoms. The number of nitrogens with zero attached hydrogens (tertiary/aromatic N) is 2. The Balaban J connectivity index is 2.74. The fourth-order valence-corrected chi connectivity index (χ4v) is 1.20. The lowest BCUT2D eigenvalue weighted by Gasteiger charge is -2.07. The Morgan fingerprint density at radius 1 is 1.50 bits per heavy atom. The molecule has 0 unspecified atom stereocenters. The van der Waals surface area contributed by atoms with Gasteiger partial charge in [-0.15, -0.1) is 0 Å². The average molecular weight is 260 g/mol. The van der Waals surface area contributed by atoms with Gasteiger partial charge < -0.3 is 10.1 Å². The Hall–Kier alpha value is -0.840. The Morgan fingerprint density at radius 2 is 2.29 bits per heavy atom. The van der Waals surface area contributed by atoms with Crippen LogP contribution in [0.25, 0.3) is 0 Å². The summed E-state index contributed by atoms with van der Waals surface area (Å²) in [4.78, 5) is 8.30. The Kier molecular flexibility index (Phi) is 4.65. The van der Waals surface area contributed by atoms with E-state index < -0.39 is 0 Å². The van der Waals surface area contributed by atoms with Gasteiger partial charge in [-0.05, 0) is 29.3 Å². The Morgan fingerprint density at radius 3 is 2.93 bits per heavy atom. The fraction of sp³-hybridized carbons (Fsp3) is 0.556. The predicted molar refractivity (Wildman–Crippen MR) is 59.7 cm³/mol. The topological polar surface area (TPSA) is 47.0 Å². The van der Waals surface area contributed by atoms with Crippen LogP contribution in [0.5, 0.6) is 5.88 Å². The number of anilines is 1. The number of hydrogen-bond acceptors (Lipinski definition) is 4. The number of ether oxygens (including phenoxy) is 1. The molecule has 0 saturated carbocycles. The minimum absolute atomic E-state index is 0.595. The smallest absolute Gasteiger partial charge is 0.232 e. The summed E-state index contributed by atoms with van der Waals surface area (Å²) in [6.07, 6.45) is 2.66. The van der Waals surface area contributed by atoms with Gasteiger partial charge >= 0.3 is 0 Å². The van der Waals surface area contributed by atoms with E-state index in [4.69, 9.17) is 4.74 Å². The standard InChI is InChI=1S/C9H14BrN3O/c1-3-5-14-8-7(10)6-12-9(13-8)11-4-2/h6H,3-5H2,1-2H3,(H,11,12,13). The molecule has 78 valence electrons. The first-order chi connectivity index (χ1) is 6.77. The van der Waals surface area contributed by atoms with Gasteiger partial charge in [-0.25, -0.2) is 4.98 Å². The maximum Gasteiger partial charge on any atom is 0.232 e. The SMILES string of the molecule is CCCOc1nc(NCC)ncc1Br. The summed E-state index contributed by atoms with van der Waals surface area (Å²) in [6.45, 7) is 5.52. The van der Waals surface area contributed by atoms with Crippen LogP contribution in [0.2, 0.25) is 0 Å². The molecule has 0 bridgehead atoms. The monoisotopic (exact) mass is 259 g/mol. The molecule has 0 aromatic carbocycles. The van der Waals surface area contributed by atoms with Crippen molar-refractivity contribution in [1.82, 2.24) is 9.97 Å². The van der Waals surface area contributed by atoms with E-state index >= 15 is 0 Å². The summed E-state index contributed by atoms with van der Waals surface area (Å²) in [6, 6.07) is 0. The molecule has 0 aliphatic carbocycles. The maximum atomic E-state index is 5.43.